The number of carbonyl (C=O) groups is 1. The van der Waals surface area contributed by atoms with Crippen molar-refractivity contribution in [1.82, 2.24) is 4.98 Å². The second-order valence-corrected chi connectivity index (χ2v) is 3.95. The van der Waals surface area contributed by atoms with Crippen LogP contribution in [-0.4, -0.2) is 10.9 Å². The van der Waals surface area contributed by atoms with E-state index in [1.54, 1.807) is 19.1 Å². The maximum absolute atomic E-state index is 11.9. The Hall–Kier alpha value is -1.81. The fourth-order valence-electron chi connectivity index (χ4n) is 1.53. The van der Waals surface area contributed by atoms with Crippen molar-refractivity contribution in [2.75, 3.05) is 0 Å². The lowest BCUT2D eigenvalue weighted by Crippen LogP contribution is -2.22. The molecule has 1 aromatic heterocycles. The topological polar surface area (TPSA) is 76.0 Å². The molecule has 0 aliphatic heterocycles. The summed E-state index contributed by atoms with van der Waals surface area (Å²) in [5.41, 5.74) is 6.03. The number of nitrogens with two attached hydrogens (primary N) is 1. The summed E-state index contributed by atoms with van der Waals surface area (Å²) in [5, 5.41) is 0.980. The van der Waals surface area contributed by atoms with Crippen LogP contribution in [0.2, 0.25) is 5.02 Å². The molecule has 0 unspecified atom stereocenters. The van der Waals surface area contributed by atoms with Gasteiger partial charge in [-0.05, 0) is 24.6 Å². The number of halogens is 1. The van der Waals surface area contributed by atoms with Crippen LogP contribution in [0.25, 0.3) is 10.9 Å². The molecule has 2 aromatic rings. The Kier molecular flexibility index (Phi) is 2.44. The van der Waals surface area contributed by atoms with Gasteiger partial charge in [0, 0.05) is 16.6 Å². The van der Waals surface area contributed by atoms with E-state index in [1.807, 2.05) is 0 Å². The molecule has 0 bridgehead atoms. The molecule has 82 valence electrons. The quantitative estimate of drug-likeness (QED) is 0.789. The number of benzene rings is 1. The Labute approximate surface area is 96.0 Å². The molecule has 1 aromatic carbocycles. The van der Waals surface area contributed by atoms with Crippen LogP contribution in [0, 0.1) is 6.92 Å². The molecule has 0 spiro atoms. The van der Waals surface area contributed by atoms with Crippen molar-refractivity contribution < 1.29 is 4.79 Å². The number of primary amides is 1. The SMILES string of the molecule is Cc1cc2c(=O)c(C(N)=O)c[nH]c2cc1Cl. The molecule has 5 heteroatoms. The Balaban J connectivity index is 2.90. The van der Waals surface area contributed by atoms with Gasteiger partial charge in [0.05, 0.1) is 5.52 Å². The first-order valence-corrected chi connectivity index (χ1v) is 5.00. The van der Waals surface area contributed by atoms with Crippen molar-refractivity contribution >= 4 is 28.4 Å². The van der Waals surface area contributed by atoms with Gasteiger partial charge in [-0.2, -0.15) is 0 Å². The summed E-state index contributed by atoms with van der Waals surface area (Å²) >= 11 is 5.93. The largest absolute Gasteiger partial charge is 0.365 e. The second-order valence-electron chi connectivity index (χ2n) is 3.54. The number of fused-ring (bicyclic) bond motifs is 1. The van der Waals surface area contributed by atoms with Crippen LogP contribution in [0.1, 0.15) is 15.9 Å². The molecule has 0 aliphatic carbocycles. The molecule has 0 radical (unpaired) electrons. The number of carbonyl (C=O) groups excluding carboxylic acids is 1. The third-order valence-electron chi connectivity index (χ3n) is 2.43. The van der Waals surface area contributed by atoms with Gasteiger partial charge in [0.15, 0.2) is 0 Å². The van der Waals surface area contributed by atoms with E-state index >= 15 is 0 Å². The number of nitrogens with one attached hydrogen (secondary N) is 1. The number of aromatic nitrogens is 1. The maximum atomic E-state index is 11.9. The van der Waals surface area contributed by atoms with E-state index in [9.17, 15) is 9.59 Å². The van der Waals surface area contributed by atoms with E-state index in [0.29, 0.717) is 15.9 Å². The predicted molar refractivity (Wildman–Crippen MR) is 62.8 cm³/mol. The summed E-state index contributed by atoms with van der Waals surface area (Å²) in [6.07, 6.45) is 1.30. The minimum Gasteiger partial charge on any atom is -0.365 e. The second kappa shape index (κ2) is 3.64. The van der Waals surface area contributed by atoms with Crippen molar-refractivity contribution in [2.45, 2.75) is 6.92 Å². The minimum atomic E-state index is -0.740. The Morgan fingerprint density at radius 3 is 2.75 bits per heavy atom. The molecule has 4 nitrogen and oxygen atoms in total. The number of hydrogen-bond acceptors (Lipinski definition) is 2. The van der Waals surface area contributed by atoms with E-state index in [0.717, 1.165) is 5.56 Å². The average molecular weight is 237 g/mol. The minimum absolute atomic E-state index is 0.0470. The molecule has 16 heavy (non-hydrogen) atoms. The van der Waals surface area contributed by atoms with E-state index in [1.165, 1.54) is 6.20 Å². The number of amides is 1. The maximum Gasteiger partial charge on any atom is 0.254 e. The van der Waals surface area contributed by atoms with Crippen LogP contribution < -0.4 is 11.2 Å². The van der Waals surface area contributed by atoms with Crippen LogP contribution in [-0.2, 0) is 0 Å². The van der Waals surface area contributed by atoms with E-state index in [-0.39, 0.29) is 11.0 Å². The van der Waals surface area contributed by atoms with Crippen molar-refractivity contribution in [1.29, 1.82) is 0 Å². The van der Waals surface area contributed by atoms with Crippen LogP contribution >= 0.6 is 11.6 Å². The molecule has 0 saturated carbocycles. The lowest BCUT2D eigenvalue weighted by molar-refractivity contribution is 0.0999. The smallest absolute Gasteiger partial charge is 0.254 e. The number of rotatable bonds is 1. The first-order chi connectivity index (χ1) is 7.50. The lowest BCUT2D eigenvalue weighted by atomic mass is 10.1. The molecular formula is C11H9ClN2O2. The molecule has 0 aliphatic rings. The van der Waals surface area contributed by atoms with Gasteiger partial charge in [-0.3, -0.25) is 9.59 Å². The standard InChI is InChI=1S/C11H9ClN2O2/c1-5-2-6-9(3-8(5)12)14-4-7(10(6)15)11(13)16/h2-4H,1H3,(H2,13,16)(H,14,15). The molecule has 0 atom stereocenters. The van der Waals surface area contributed by atoms with E-state index < -0.39 is 5.91 Å². The van der Waals surface area contributed by atoms with Crippen LogP contribution in [0.5, 0.6) is 0 Å². The normalized spacial score (nSPS) is 10.6. The fourth-order valence-corrected chi connectivity index (χ4v) is 1.70. The van der Waals surface area contributed by atoms with Crippen molar-refractivity contribution in [3.05, 3.63) is 44.7 Å². The zero-order valence-corrected chi connectivity index (χ0v) is 9.26. The molecule has 2 rings (SSSR count). The van der Waals surface area contributed by atoms with Gasteiger partial charge in [-0.1, -0.05) is 11.6 Å². The summed E-state index contributed by atoms with van der Waals surface area (Å²) < 4.78 is 0. The Morgan fingerprint density at radius 2 is 2.12 bits per heavy atom. The number of pyridine rings is 1. The number of hydrogen-bond donors (Lipinski definition) is 2. The molecule has 1 amide bonds. The van der Waals surface area contributed by atoms with Gasteiger partial charge in [0.2, 0.25) is 5.43 Å². The highest BCUT2D eigenvalue weighted by atomic mass is 35.5. The highest BCUT2D eigenvalue weighted by Gasteiger charge is 2.10. The van der Waals surface area contributed by atoms with Gasteiger partial charge in [0.1, 0.15) is 5.56 Å². The zero-order valence-electron chi connectivity index (χ0n) is 8.50. The van der Waals surface area contributed by atoms with Gasteiger partial charge < -0.3 is 10.7 Å². The molecule has 0 saturated heterocycles. The summed E-state index contributed by atoms with van der Waals surface area (Å²) in [4.78, 5) is 25.7. The molecule has 3 N–H and O–H groups in total. The molecular weight excluding hydrogens is 228 g/mol. The highest BCUT2D eigenvalue weighted by Crippen LogP contribution is 2.20. The lowest BCUT2D eigenvalue weighted by Gasteiger charge is -2.03. The first kappa shape index (κ1) is 10.7. The zero-order chi connectivity index (χ0) is 11.9. The number of H-pyrrole nitrogens is 1. The fraction of sp³-hybridized carbons (Fsp3) is 0.0909. The monoisotopic (exact) mass is 236 g/mol. The summed E-state index contributed by atoms with van der Waals surface area (Å²) in [6, 6.07) is 3.29. The third kappa shape index (κ3) is 1.57. The van der Waals surface area contributed by atoms with Crippen molar-refractivity contribution in [2.24, 2.45) is 5.73 Å². The third-order valence-corrected chi connectivity index (χ3v) is 2.83. The van der Waals surface area contributed by atoms with Gasteiger partial charge in [0.25, 0.3) is 5.91 Å². The summed E-state index contributed by atoms with van der Waals surface area (Å²) in [7, 11) is 0. The predicted octanol–water partition coefficient (Wildman–Crippen LogP) is 1.59. The first-order valence-electron chi connectivity index (χ1n) is 4.62. The van der Waals surface area contributed by atoms with Gasteiger partial charge >= 0.3 is 0 Å². The van der Waals surface area contributed by atoms with Crippen LogP contribution in [0.15, 0.2) is 23.1 Å². The van der Waals surface area contributed by atoms with Crippen LogP contribution in [0.3, 0.4) is 0 Å². The molecule has 0 fully saturated rings. The van der Waals surface area contributed by atoms with Gasteiger partial charge in [-0.15, -0.1) is 0 Å². The number of aryl methyl sites for hydroxylation is 1. The highest BCUT2D eigenvalue weighted by molar-refractivity contribution is 6.32. The average Bonchev–Trinajstić information content (AvgIpc) is 2.21. The van der Waals surface area contributed by atoms with Crippen molar-refractivity contribution in [3.8, 4) is 0 Å². The Bertz CT molecular complexity index is 646. The van der Waals surface area contributed by atoms with E-state index in [2.05, 4.69) is 4.98 Å². The van der Waals surface area contributed by atoms with E-state index in [4.69, 9.17) is 17.3 Å². The Morgan fingerprint density at radius 1 is 1.44 bits per heavy atom. The molecule has 1 heterocycles. The van der Waals surface area contributed by atoms with Crippen LogP contribution in [0.4, 0.5) is 0 Å². The van der Waals surface area contributed by atoms with Gasteiger partial charge in [-0.25, -0.2) is 0 Å². The van der Waals surface area contributed by atoms with Crippen molar-refractivity contribution in [3.63, 3.8) is 0 Å². The summed E-state index contributed by atoms with van der Waals surface area (Å²) in [5.74, 6) is -0.740. The number of aromatic amines is 1. The summed E-state index contributed by atoms with van der Waals surface area (Å²) in [6.45, 7) is 1.79.